The largest absolute Gasteiger partial charge is 0.463 e. The number of amides is 1. The number of thiophene rings is 1. The molecule has 190 valence electrons. The van der Waals surface area contributed by atoms with Gasteiger partial charge in [-0.25, -0.2) is 9.79 Å². The quantitative estimate of drug-likeness (QED) is 0.360. The number of fused-ring (bicyclic) bond motifs is 2. The van der Waals surface area contributed by atoms with E-state index < -0.39 is 12.0 Å². The van der Waals surface area contributed by atoms with E-state index in [1.807, 2.05) is 72.1 Å². The Balaban J connectivity index is 1.57. The number of rotatable bonds is 5. The minimum absolute atomic E-state index is 0.212. The highest BCUT2D eigenvalue weighted by molar-refractivity contribution is 7.10. The first-order chi connectivity index (χ1) is 18.5. The van der Waals surface area contributed by atoms with E-state index >= 15 is 0 Å². The lowest BCUT2D eigenvalue weighted by Crippen LogP contribution is -2.40. The van der Waals surface area contributed by atoms with Crippen molar-refractivity contribution in [1.29, 1.82) is 0 Å². The Kier molecular flexibility index (Phi) is 6.17. The van der Waals surface area contributed by atoms with Crippen LogP contribution in [0.15, 0.2) is 93.2 Å². The Labute approximate surface area is 226 Å². The Bertz CT molecular complexity index is 1780. The van der Waals surface area contributed by atoms with Gasteiger partial charge in [0.15, 0.2) is 4.80 Å². The van der Waals surface area contributed by atoms with Crippen molar-refractivity contribution in [2.75, 3.05) is 11.5 Å². The van der Waals surface area contributed by atoms with Crippen LogP contribution in [0.3, 0.4) is 0 Å². The maximum atomic E-state index is 14.1. The number of esters is 1. The van der Waals surface area contributed by atoms with Crippen molar-refractivity contribution in [3.63, 3.8) is 0 Å². The zero-order chi connectivity index (χ0) is 26.4. The number of carbonyl (C=O) groups is 2. The number of nitrogens with zero attached hydrogens (tertiary/aromatic N) is 3. The summed E-state index contributed by atoms with van der Waals surface area (Å²) in [6.07, 6.45) is 0. The number of thiazole rings is 1. The van der Waals surface area contributed by atoms with E-state index in [1.165, 1.54) is 27.2 Å². The highest BCUT2D eigenvalue weighted by Gasteiger charge is 2.37. The molecule has 0 fully saturated rings. The molecule has 2 aliphatic rings. The molecular formula is C29H23N3O4S2. The predicted molar refractivity (Wildman–Crippen MR) is 148 cm³/mol. The van der Waals surface area contributed by atoms with Crippen molar-refractivity contribution >= 4 is 45.8 Å². The fourth-order valence-corrected chi connectivity index (χ4v) is 6.94. The molecule has 1 amide bonds. The molecule has 4 aromatic rings. The van der Waals surface area contributed by atoms with Crippen LogP contribution >= 0.6 is 22.7 Å². The van der Waals surface area contributed by atoms with E-state index in [1.54, 1.807) is 18.7 Å². The van der Waals surface area contributed by atoms with Gasteiger partial charge in [-0.05, 0) is 36.9 Å². The fourth-order valence-electron chi connectivity index (χ4n) is 4.98. The van der Waals surface area contributed by atoms with E-state index in [4.69, 9.17) is 4.74 Å². The van der Waals surface area contributed by atoms with Crippen molar-refractivity contribution < 1.29 is 14.3 Å². The Morgan fingerprint density at radius 1 is 1.03 bits per heavy atom. The molecule has 0 N–H and O–H groups in total. The van der Waals surface area contributed by atoms with Gasteiger partial charge in [0.1, 0.15) is 10.6 Å². The first kappa shape index (κ1) is 24.3. The van der Waals surface area contributed by atoms with Gasteiger partial charge in [0.05, 0.1) is 35.7 Å². The van der Waals surface area contributed by atoms with Gasteiger partial charge < -0.3 is 9.64 Å². The summed E-state index contributed by atoms with van der Waals surface area (Å²) in [5.74, 6) is -0.726. The lowest BCUT2D eigenvalue weighted by molar-refractivity contribution is -0.139. The smallest absolute Gasteiger partial charge is 0.338 e. The summed E-state index contributed by atoms with van der Waals surface area (Å²) >= 11 is 2.64. The van der Waals surface area contributed by atoms with Crippen LogP contribution in [0.1, 0.15) is 35.9 Å². The van der Waals surface area contributed by atoms with Crippen molar-refractivity contribution in [2.45, 2.75) is 26.4 Å². The van der Waals surface area contributed by atoms with E-state index in [0.29, 0.717) is 38.3 Å². The standard InChI is InChI=1S/C29H23N3O4S2/c1-3-36-28(35)22-17(2)30-29-32(24(22)21-14-9-15-37-21)27(34)25(38-29)23-19-12-7-8-13-20(19)31(26(23)33)16-18-10-5-4-6-11-18/h4-15,24H,3,16H2,1-2H3/b25-23-/t24-/m0/s1. The van der Waals surface area contributed by atoms with Gasteiger partial charge in [-0.15, -0.1) is 11.3 Å². The molecule has 7 nitrogen and oxygen atoms in total. The molecule has 0 aliphatic carbocycles. The molecule has 1 atom stereocenters. The number of aromatic nitrogens is 1. The highest BCUT2D eigenvalue weighted by Crippen LogP contribution is 2.37. The zero-order valence-corrected chi connectivity index (χ0v) is 22.3. The zero-order valence-electron chi connectivity index (χ0n) is 20.7. The Morgan fingerprint density at radius 2 is 1.79 bits per heavy atom. The average molecular weight is 542 g/mol. The molecular weight excluding hydrogens is 518 g/mol. The summed E-state index contributed by atoms with van der Waals surface area (Å²) in [5, 5.41) is 1.91. The number of allylic oxidation sites excluding steroid dienone is 1. The lowest BCUT2D eigenvalue weighted by atomic mass is 10.0. The molecule has 0 saturated heterocycles. The van der Waals surface area contributed by atoms with Crippen molar-refractivity contribution in [3.05, 3.63) is 119 Å². The number of benzene rings is 2. The number of carbonyl (C=O) groups excluding carboxylic acids is 2. The SMILES string of the molecule is CCOC(=O)C1=C(C)N=c2s/c(=C3\C(=O)N(Cc4ccccc4)c4ccccc43)c(=O)n2[C@H]1c1cccs1. The summed E-state index contributed by atoms with van der Waals surface area (Å²) in [5.41, 5.74) is 3.33. The maximum Gasteiger partial charge on any atom is 0.338 e. The molecule has 6 rings (SSSR count). The van der Waals surface area contributed by atoms with Crippen LogP contribution in [-0.4, -0.2) is 23.1 Å². The molecule has 0 spiro atoms. The van der Waals surface area contributed by atoms with Crippen LogP contribution in [0.5, 0.6) is 0 Å². The van der Waals surface area contributed by atoms with Crippen LogP contribution in [-0.2, 0) is 20.9 Å². The second-order valence-electron chi connectivity index (χ2n) is 8.91. The third-order valence-corrected chi connectivity index (χ3v) is 8.62. The van der Waals surface area contributed by atoms with Crippen molar-refractivity contribution in [3.8, 4) is 0 Å². The van der Waals surface area contributed by atoms with Crippen LogP contribution in [0, 0.1) is 0 Å². The summed E-state index contributed by atoms with van der Waals surface area (Å²) in [7, 11) is 0. The van der Waals surface area contributed by atoms with Crippen LogP contribution in [0.2, 0.25) is 0 Å². The van der Waals surface area contributed by atoms with Gasteiger partial charge in [0.2, 0.25) is 0 Å². The van der Waals surface area contributed by atoms with Gasteiger partial charge in [-0.1, -0.05) is 65.9 Å². The highest BCUT2D eigenvalue weighted by atomic mass is 32.1. The minimum atomic E-state index is -0.674. The summed E-state index contributed by atoms with van der Waals surface area (Å²) in [6, 6.07) is 20.4. The lowest BCUT2D eigenvalue weighted by Gasteiger charge is -2.23. The fraction of sp³-hybridized carbons (Fsp3) is 0.172. The van der Waals surface area contributed by atoms with E-state index in [2.05, 4.69) is 4.99 Å². The maximum absolute atomic E-state index is 14.1. The number of hydrogen-bond acceptors (Lipinski definition) is 7. The molecule has 9 heteroatoms. The monoisotopic (exact) mass is 541 g/mol. The summed E-state index contributed by atoms with van der Waals surface area (Å²) in [6.45, 7) is 4.10. The van der Waals surface area contributed by atoms with E-state index in [0.717, 1.165) is 16.1 Å². The normalized spacial score (nSPS) is 17.8. The predicted octanol–water partition coefficient (Wildman–Crippen LogP) is 3.78. The number of anilines is 1. The third kappa shape index (κ3) is 3.86. The molecule has 2 aromatic heterocycles. The third-order valence-electron chi connectivity index (χ3n) is 6.64. The van der Waals surface area contributed by atoms with Gasteiger partial charge in [0, 0.05) is 10.4 Å². The summed E-state index contributed by atoms with van der Waals surface area (Å²) in [4.78, 5) is 48.7. The molecule has 0 radical (unpaired) electrons. The Hall–Kier alpha value is -4.08. The van der Waals surface area contributed by atoms with Crippen LogP contribution in [0.4, 0.5) is 5.69 Å². The van der Waals surface area contributed by atoms with E-state index in [9.17, 15) is 14.4 Å². The van der Waals surface area contributed by atoms with Crippen molar-refractivity contribution in [2.24, 2.45) is 4.99 Å². The molecule has 38 heavy (non-hydrogen) atoms. The minimum Gasteiger partial charge on any atom is -0.463 e. The molecule has 4 heterocycles. The molecule has 0 unspecified atom stereocenters. The second kappa shape index (κ2) is 9.66. The molecule has 0 bridgehead atoms. The molecule has 2 aliphatic heterocycles. The first-order valence-corrected chi connectivity index (χ1v) is 13.9. The van der Waals surface area contributed by atoms with Gasteiger partial charge in [0.25, 0.3) is 11.5 Å². The molecule has 2 aromatic carbocycles. The average Bonchev–Trinajstić information content (AvgIpc) is 3.62. The topological polar surface area (TPSA) is 81.0 Å². The number of ether oxygens (including phenoxy) is 1. The van der Waals surface area contributed by atoms with E-state index in [-0.39, 0.29) is 18.1 Å². The van der Waals surface area contributed by atoms with Crippen molar-refractivity contribution in [1.82, 2.24) is 4.57 Å². The second-order valence-corrected chi connectivity index (χ2v) is 10.9. The Morgan fingerprint density at radius 3 is 2.53 bits per heavy atom. The van der Waals surface area contributed by atoms with Gasteiger partial charge >= 0.3 is 5.97 Å². The first-order valence-electron chi connectivity index (χ1n) is 12.2. The van der Waals surface area contributed by atoms with Crippen LogP contribution < -0.4 is 19.8 Å². The van der Waals surface area contributed by atoms with Crippen LogP contribution in [0.25, 0.3) is 5.57 Å². The van der Waals surface area contributed by atoms with Gasteiger partial charge in [-0.2, -0.15) is 0 Å². The molecule has 0 saturated carbocycles. The van der Waals surface area contributed by atoms with Gasteiger partial charge in [-0.3, -0.25) is 14.2 Å². The number of hydrogen-bond donors (Lipinski definition) is 0. The number of para-hydroxylation sites is 1. The summed E-state index contributed by atoms with van der Waals surface area (Å²) < 4.78 is 7.20.